The molecule has 0 saturated heterocycles. The highest BCUT2D eigenvalue weighted by Gasteiger charge is 2.18. The van der Waals surface area contributed by atoms with Crippen molar-refractivity contribution < 1.29 is 27.8 Å². The zero-order chi connectivity index (χ0) is 21.4. The Morgan fingerprint density at radius 3 is 1.79 bits per heavy atom. The van der Waals surface area contributed by atoms with Crippen molar-refractivity contribution in [1.82, 2.24) is 0 Å². The molecule has 0 spiro atoms. The van der Waals surface area contributed by atoms with Crippen LogP contribution in [-0.2, 0) is 9.59 Å². The Balaban J connectivity index is 0.00000190. The fourth-order valence-corrected chi connectivity index (χ4v) is 1.92. The van der Waals surface area contributed by atoms with Crippen LogP contribution in [0.4, 0.5) is 8.78 Å². The van der Waals surface area contributed by atoms with Crippen molar-refractivity contribution in [2.24, 2.45) is 0 Å². The summed E-state index contributed by atoms with van der Waals surface area (Å²) >= 11 is 0. The number of benzene rings is 2. The molecule has 0 N–H and O–H groups in total. The third-order valence-corrected chi connectivity index (χ3v) is 3.32. The van der Waals surface area contributed by atoms with Crippen LogP contribution >= 0.6 is 0 Å². The second kappa shape index (κ2) is 10.2. The van der Waals surface area contributed by atoms with E-state index in [1.54, 1.807) is 0 Å². The van der Waals surface area contributed by atoms with Gasteiger partial charge in [0, 0.05) is 16.7 Å². The Bertz CT molecular complexity index is 899. The lowest BCUT2D eigenvalue weighted by Crippen LogP contribution is -2.10. The Hall–Kier alpha value is -3.28. The molecule has 0 radical (unpaired) electrons. The van der Waals surface area contributed by atoms with Gasteiger partial charge in [0.25, 0.3) is 0 Å². The van der Waals surface area contributed by atoms with Crippen LogP contribution in [0.5, 0.6) is 11.5 Å². The third-order valence-electron chi connectivity index (χ3n) is 3.32. The Kier molecular flexibility index (Phi) is 8.26. The van der Waals surface area contributed by atoms with E-state index in [-0.39, 0.29) is 22.5 Å². The van der Waals surface area contributed by atoms with Crippen LogP contribution in [-0.4, -0.2) is 11.9 Å². The largest absolute Gasteiger partial charge is 0.423 e. The molecule has 2 rings (SSSR count). The molecular weight excluding hydrogens is 366 g/mol. The number of rotatable bonds is 5. The van der Waals surface area contributed by atoms with E-state index in [0.717, 1.165) is 6.07 Å². The summed E-state index contributed by atoms with van der Waals surface area (Å²) < 4.78 is 38.3. The number of halogens is 2. The lowest BCUT2D eigenvalue weighted by molar-refractivity contribution is -0.131. The molecular formula is C22H22F2O4. The number of carbonyl (C=O) groups is 2. The van der Waals surface area contributed by atoms with Crippen LogP contribution < -0.4 is 9.47 Å². The highest BCUT2D eigenvalue weighted by Crippen LogP contribution is 2.31. The molecule has 2 aromatic carbocycles. The molecule has 0 aliphatic heterocycles. The smallest absolute Gasteiger partial charge is 0.338 e. The number of hydrogen-bond donors (Lipinski definition) is 0. The molecule has 148 valence electrons. The minimum atomic E-state index is -1.28. The maximum Gasteiger partial charge on any atom is 0.338 e. The number of hydrogen-bond acceptors (Lipinski definition) is 4. The molecule has 0 amide bonds. The molecule has 0 fully saturated rings. The SMILES string of the molecule is C=C(C)C(=O)Oc1ccc(-c2ccc(OC(=O)C(=C)C)c(F)c2F)cc1.CC. The van der Waals surface area contributed by atoms with Gasteiger partial charge in [-0.1, -0.05) is 39.1 Å². The van der Waals surface area contributed by atoms with Gasteiger partial charge in [0.2, 0.25) is 5.82 Å². The van der Waals surface area contributed by atoms with Gasteiger partial charge in [0.1, 0.15) is 5.75 Å². The van der Waals surface area contributed by atoms with Gasteiger partial charge in [-0.15, -0.1) is 0 Å². The van der Waals surface area contributed by atoms with Crippen LogP contribution in [0.3, 0.4) is 0 Å². The molecule has 4 nitrogen and oxygen atoms in total. The van der Waals surface area contributed by atoms with Crippen molar-refractivity contribution in [3.05, 3.63) is 72.3 Å². The molecule has 0 unspecified atom stereocenters. The fourth-order valence-electron chi connectivity index (χ4n) is 1.92. The molecule has 0 heterocycles. The van der Waals surface area contributed by atoms with Gasteiger partial charge >= 0.3 is 11.9 Å². The second-order valence-electron chi connectivity index (χ2n) is 5.60. The van der Waals surface area contributed by atoms with E-state index in [2.05, 4.69) is 13.2 Å². The Morgan fingerprint density at radius 1 is 0.786 bits per heavy atom. The van der Waals surface area contributed by atoms with Crippen molar-refractivity contribution in [1.29, 1.82) is 0 Å². The summed E-state index contributed by atoms with van der Waals surface area (Å²) in [5.74, 6) is -4.15. The number of esters is 2. The van der Waals surface area contributed by atoms with E-state index in [1.807, 2.05) is 13.8 Å². The van der Waals surface area contributed by atoms with Crippen LogP contribution in [0.2, 0.25) is 0 Å². The Labute approximate surface area is 163 Å². The molecule has 0 aliphatic carbocycles. The highest BCUT2D eigenvalue weighted by atomic mass is 19.2. The van der Waals surface area contributed by atoms with Gasteiger partial charge in [-0.3, -0.25) is 0 Å². The lowest BCUT2D eigenvalue weighted by Gasteiger charge is -2.10. The average Bonchev–Trinajstić information content (AvgIpc) is 2.67. The van der Waals surface area contributed by atoms with Crippen LogP contribution in [0.25, 0.3) is 11.1 Å². The normalized spacial score (nSPS) is 9.64. The summed E-state index contributed by atoms with van der Waals surface area (Å²) in [7, 11) is 0. The Morgan fingerprint density at radius 2 is 1.29 bits per heavy atom. The molecule has 2 aromatic rings. The zero-order valence-corrected chi connectivity index (χ0v) is 16.3. The summed E-state index contributed by atoms with van der Waals surface area (Å²) in [6.45, 7) is 13.8. The van der Waals surface area contributed by atoms with E-state index in [4.69, 9.17) is 9.47 Å². The summed E-state index contributed by atoms with van der Waals surface area (Å²) in [6.07, 6.45) is 0. The molecule has 0 aliphatic rings. The third kappa shape index (κ3) is 5.61. The maximum atomic E-state index is 14.3. The monoisotopic (exact) mass is 388 g/mol. The van der Waals surface area contributed by atoms with Gasteiger partial charge in [-0.25, -0.2) is 14.0 Å². The first-order chi connectivity index (χ1) is 13.2. The van der Waals surface area contributed by atoms with Crippen molar-refractivity contribution in [3.63, 3.8) is 0 Å². The number of ether oxygens (including phenoxy) is 2. The molecule has 0 aromatic heterocycles. The van der Waals surface area contributed by atoms with Gasteiger partial charge in [0.15, 0.2) is 11.6 Å². The van der Waals surface area contributed by atoms with Gasteiger partial charge in [-0.2, -0.15) is 4.39 Å². The van der Waals surface area contributed by atoms with Crippen LogP contribution in [0.1, 0.15) is 27.7 Å². The van der Waals surface area contributed by atoms with Crippen molar-refractivity contribution >= 4 is 11.9 Å². The quantitative estimate of drug-likeness (QED) is 0.379. The summed E-state index contributed by atoms with van der Waals surface area (Å²) in [5.41, 5.74) is 0.626. The molecule has 0 bridgehead atoms. The predicted molar refractivity (Wildman–Crippen MR) is 104 cm³/mol. The average molecular weight is 388 g/mol. The van der Waals surface area contributed by atoms with Crippen molar-refractivity contribution in [2.45, 2.75) is 27.7 Å². The van der Waals surface area contributed by atoms with E-state index < -0.39 is 29.3 Å². The second-order valence-corrected chi connectivity index (χ2v) is 5.60. The first-order valence-electron chi connectivity index (χ1n) is 8.54. The van der Waals surface area contributed by atoms with E-state index in [9.17, 15) is 18.4 Å². The first-order valence-corrected chi connectivity index (χ1v) is 8.54. The summed E-state index contributed by atoms with van der Waals surface area (Å²) in [4.78, 5) is 22.9. The van der Waals surface area contributed by atoms with E-state index in [0.29, 0.717) is 5.56 Å². The van der Waals surface area contributed by atoms with Crippen molar-refractivity contribution in [2.75, 3.05) is 0 Å². The topological polar surface area (TPSA) is 52.6 Å². The maximum absolute atomic E-state index is 14.3. The minimum absolute atomic E-state index is 0.0320. The van der Waals surface area contributed by atoms with Gasteiger partial charge < -0.3 is 9.47 Å². The summed E-state index contributed by atoms with van der Waals surface area (Å²) in [6, 6.07) is 8.28. The zero-order valence-electron chi connectivity index (χ0n) is 16.3. The molecule has 6 heteroatoms. The standard InChI is InChI=1S/C20H16F2O4.C2H6/c1-11(2)19(23)25-14-7-5-13(6-8-14)15-9-10-16(18(22)17(15)21)26-20(24)12(3)4;1-2/h5-10H,1,3H2,2,4H3;1-2H3. The fraction of sp³-hybridized carbons (Fsp3) is 0.182. The van der Waals surface area contributed by atoms with E-state index in [1.165, 1.54) is 44.2 Å². The molecule has 0 atom stereocenters. The summed E-state index contributed by atoms with van der Waals surface area (Å²) in [5, 5.41) is 0. The highest BCUT2D eigenvalue weighted by molar-refractivity contribution is 5.89. The minimum Gasteiger partial charge on any atom is -0.423 e. The first kappa shape index (κ1) is 22.8. The molecule has 0 saturated carbocycles. The van der Waals surface area contributed by atoms with Crippen LogP contribution in [0.15, 0.2) is 60.7 Å². The predicted octanol–water partition coefficient (Wildman–Crippen LogP) is 5.62. The lowest BCUT2D eigenvalue weighted by atomic mass is 10.0. The van der Waals surface area contributed by atoms with Crippen molar-refractivity contribution in [3.8, 4) is 22.6 Å². The van der Waals surface area contributed by atoms with Crippen LogP contribution in [0, 0.1) is 11.6 Å². The van der Waals surface area contributed by atoms with Gasteiger partial charge in [0.05, 0.1) is 0 Å². The number of carbonyl (C=O) groups excluding carboxylic acids is 2. The molecule has 28 heavy (non-hydrogen) atoms. The van der Waals surface area contributed by atoms with E-state index >= 15 is 0 Å². The van der Waals surface area contributed by atoms with Gasteiger partial charge in [-0.05, 0) is 43.7 Å².